The Morgan fingerprint density at radius 2 is 1.55 bits per heavy atom. The van der Waals surface area contributed by atoms with Gasteiger partial charge in [0.15, 0.2) is 0 Å². The van der Waals surface area contributed by atoms with Crippen LogP contribution in [0.2, 0.25) is 0 Å². The molecule has 0 spiro atoms. The first kappa shape index (κ1) is 17.0. The van der Waals surface area contributed by atoms with Gasteiger partial charge in [-0.2, -0.15) is 4.39 Å². The minimum Gasteiger partial charge on any atom is -0.240 e. The summed E-state index contributed by atoms with van der Waals surface area (Å²) < 4.78 is 39.7. The molecule has 6 heteroatoms. The molecule has 116 valence electrons. The number of rotatable bonds is 5. The monoisotopic (exact) mass is 431 g/mol. The lowest BCUT2D eigenvalue weighted by Crippen LogP contribution is -2.27. The lowest BCUT2D eigenvalue weighted by molar-refractivity contribution is 0.386. The van der Waals surface area contributed by atoms with Gasteiger partial charge in [0.05, 0.1) is 16.4 Å². The van der Waals surface area contributed by atoms with E-state index in [1.807, 2.05) is 34.7 Å². The van der Waals surface area contributed by atoms with Crippen molar-refractivity contribution >= 4 is 36.2 Å². The number of hydrogen-bond acceptors (Lipinski definition) is 2. The largest absolute Gasteiger partial charge is 0.240 e. The van der Waals surface area contributed by atoms with Gasteiger partial charge in [-0.25, -0.2) is 12.7 Å². The van der Waals surface area contributed by atoms with Gasteiger partial charge < -0.3 is 0 Å². The molecule has 0 aliphatic carbocycles. The van der Waals surface area contributed by atoms with E-state index in [1.165, 1.54) is 0 Å². The van der Waals surface area contributed by atoms with Crippen LogP contribution in [-0.2, 0) is 16.6 Å². The van der Waals surface area contributed by atoms with Crippen LogP contribution >= 0.6 is 22.6 Å². The summed E-state index contributed by atoms with van der Waals surface area (Å²) in [6.07, 6.45) is 1.00. The van der Waals surface area contributed by atoms with Crippen molar-refractivity contribution in [1.82, 2.24) is 4.31 Å². The average molecular weight is 431 g/mol. The second kappa shape index (κ2) is 7.23. The van der Waals surface area contributed by atoms with Crippen LogP contribution in [0, 0.1) is 0 Å². The zero-order chi connectivity index (χ0) is 16.2. The van der Waals surface area contributed by atoms with Crippen molar-refractivity contribution in [3.8, 4) is 0 Å². The highest BCUT2D eigenvalue weighted by molar-refractivity contribution is 14.1. The molecule has 0 atom stereocenters. The molecule has 0 aliphatic heterocycles. The van der Waals surface area contributed by atoms with Gasteiger partial charge in [-0.3, -0.25) is 0 Å². The number of benzene rings is 2. The summed E-state index contributed by atoms with van der Waals surface area (Å²) in [5.74, 6) is -0.766. The third-order valence-corrected chi connectivity index (χ3v) is 5.15. The molecule has 0 N–H and O–H groups in total. The summed E-state index contributed by atoms with van der Waals surface area (Å²) in [7, 11) is -3.72. The van der Waals surface area contributed by atoms with Crippen LogP contribution in [0.1, 0.15) is 11.1 Å². The summed E-state index contributed by atoms with van der Waals surface area (Å²) in [6, 6.07) is 17.8. The highest BCUT2D eigenvalue weighted by Gasteiger charge is 2.23. The van der Waals surface area contributed by atoms with Crippen molar-refractivity contribution in [3.05, 3.63) is 77.7 Å². The minimum atomic E-state index is -3.72. The molecule has 0 heterocycles. The van der Waals surface area contributed by atoms with E-state index in [-0.39, 0.29) is 10.1 Å². The van der Waals surface area contributed by atoms with Crippen LogP contribution in [0.5, 0.6) is 0 Å². The van der Waals surface area contributed by atoms with Crippen molar-refractivity contribution in [2.75, 3.05) is 6.26 Å². The lowest BCUT2D eigenvalue weighted by Gasteiger charge is -2.21. The van der Waals surface area contributed by atoms with Gasteiger partial charge in [0.1, 0.15) is 0 Å². The molecule has 22 heavy (non-hydrogen) atoms. The minimum absolute atomic E-state index is 0.0369. The van der Waals surface area contributed by atoms with Crippen LogP contribution in [0.3, 0.4) is 0 Å². The van der Waals surface area contributed by atoms with E-state index in [1.54, 1.807) is 48.5 Å². The Balaban J connectivity index is 2.42. The molecular formula is C16H15FINO2S. The van der Waals surface area contributed by atoms with Crippen LogP contribution in [-0.4, -0.2) is 19.0 Å². The fraction of sp³-hybridized carbons (Fsp3) is 0.125. The van der Waals surface area contributed by atoms with Crippen molar-refractivity contribution in [2.24, 2.45) is 0 Å². The standard InChI is InChI=1S/C16H15FINO2S/c1-22(20,21)19(12-13-8-4-2-5-9-13)16(17)15(18)14-10-6-3-7-11-14/h2-11H,12H2,1H3/b16-15-. The Morgan fingerprint density at radius 3 is 2.05 bits per heavy atom. The first-order chi connectivity index (χ1) is 10.4. The molecule has 0 radical (unpaired) electrons. The lowest BCUT2D eigenvalue weighted by atomic mass is 10.2. The third-order valence-electron chi connectivity index (χ3n) is 3.00. The molecule has 0 fully saturated rings. The zero-order valence-electron chi connectivity index (χ0n) is 11.9. The zero-order valence-corrected chi connectivity index (χ0v) is 14.9. The van der Waals surface area contributed by atoms with E-state index in [0.29, 0.717) is 5.56 Å². The van der Waals surface area contributed by atoms with E-state index in [2.05, 4.69) is 0 Å². The molecule has 2 aromatic carbocycles. The second-order valence-electron chi connectivity index (χ2n) is 4.73. The Labute approximate surface area is 143 Å². The van der Waals surface area contributed by atoms with Gasteiger partial charge in [0, 0.05) is 0 Å². The SMILES string of the molecule is CS(=O)(=O)N(Cc1ccccc1)/C(F)=C(\I)c1ccccc1. The molecule has 0 bridgehead atoms. The van der Waals surface area contributed by atoms with Crippen LogP contribution in [0.15, 0.2) is 66.6 Å². The van der Waals surface area contributed by atoms with Gasteiger partial charge in [-0.1, -0.05) is 60.7 Å². The molecule has 2 rings (SSSR count). The summed E-state index contributed by atoms with van der Waals surface area (Å²) >= 11 is 1.83. The second-order valence-corrected chi connectivity index (χ2v) is 7.71. The van der Waals surface area contributed by atoms with Gasteiger partial charge in [-0.15, -0.1) is 0 Å². The Hall–Kier alpha value is -1.41. The third kappa shape index (κ3) is 4.30. The van der Waals surface area contributed by atoms with Crippen molar-refractivity contribution in [3.63, 3.8) is 0 Å². The summed E-state index contributed by atoms with van der Waals surface area (Å²) in [4.78, 5) is 0. The first-order valence-electron chi connectivity index (χ1n) is 6.52. The maximum Gasteiger partial charge on any atom is 0.234 e. The topological polar surface area (TPSA) is 37.4 Å². The quantitative estimate of drug-likeness (QED) is 0.526. The molecule has 0 aromatic heterocycles. The summed E-state index contributed by atoms with van der Waals surface area (Å²) in [5, 5.41) is 0. The fourth-order valence-corrected chi connectivity index (χ4v) is 3.48. The maximum atomic E-state index is 14.7. The molecule has 0 saturated carbocycles. The van der Waals surface area contributed by atoms with Crippen molar-refractivity contribution in [1.29, 1.82) is 0 Å². The van der Waals surface area contributed by atoms with Crippen LogP contribution in [0.25, 0.3) is 3.58 Å². The molecule has 3 nitrogen and oxygen atoms in total. The van der Waals surface area contributed by atoms with E-state index in [9.17, 15) is 12.8 Å². The smallest absolute Gasteiger partial charge is 0.234 e. The molecule has 0 unspecified atom stereocenters. The Kier molecular flexibility index (Phi) is 5.57. The van der Waals surface area contributed by atoms with E-state index in [0.717, 1.165) is 16.1 Å². The van der Waals surface area contributed by atoms with Gasteiger partial charge in [0.25, 0.3) is 0 Å². The summed E-state index contributed by atoms with van der Waals surface area (Å²) in [6.45, 7) is -0.0369. The Morgan fingerprint density at radius 1 is 1.05 bits per heavy atom. The molecule has 2 aromatic rings. The predicted molar refractivity (Wildman–Crippen MR) is 95.3 cm³/mol. The summed E-state index contributed by atoms with van der Waals surface area (Å²) in [5.41, 5.74) is 1.36. The molecule has 0 saturated heterocycles. The van der Waals surface area contributed by atoms with E-state index in [4.69, 9.17) is 0 Å². The van der Waals surface area contributed by atoms with Gasteiger partial charge in [-0.05, 0) is 33.7 Å². The van der Waals surface area contributed by atoms with Gasteiger partial charge in [0.2, 0.25) is 16.0 Å². The average Bonchev–Trinajstić information content (AvgIpc) is 2.52. The molecular weight excluding hydrogens is 416 g/mol. The number of sulfonamides is 1. The van der Waals surface area contributed by atoms with Gasteiger partial charge >= 0.3 is 0 Å². The van der Waals surface area contributed by atoms with Crippen LogP contribution < -0.4 is 0 Å². The Bertz CT molecular complexity index is 761. The maximum absolute atomic E-state index is 14.7. The van der Waals surface area contributed by atoms with Crippen LogP contribution in [0.4, 0.5) is 4.39 Å². The number of hydrogen-bond donors (Lipinski definition) is 0. The number of halogens is 2. The number of nitrogens with zero attached hydrogens (tertiary/aromatic N) is 1. The van der Waals surface area contributed by atoms with Crippen molar-refractivity contribution in [2.45, 2.75) is 6.54 Å². The molecule has 0 amide bonds. The highest BCUT2D eigenvalue weighted by atomic mass is 127. The van der Waals surface area contributed by atoms with E-state index < -0.39 is 16.0 Å². The molecule has 0 aliphatic rings. The normalized spacial score (nSPS) is 12.7. The fourth-order valence-electron chi connectivity index (χ4n) is 1.89. The van der Waals surface area contributed by atoms with Crippen molar-refractivity contribution < 1.29 is 12.8 Å². The van der Waals surface area contributed by atoms with E-state index >= 15 is 0 Å². The first-order valence-corrected chi connectivity index (χ1v) is 9.44. The highest BCUT2D eigenvalue weighted by Crippen LogP contribution is 2.30. The predicted octanol–water partition coefficient (Wildman–Crippen LogP) is 4.18.